The summed E-state index contributed by atoms with van der Waals surface area (Å²) in [7, 11) is 0. The third-order valence-corrected chi connectivity index (χ3v) is 5.46. The van der Waals surface area contributed by atoms with E-state index in [1.165, 1.54) is 4.90 Å². The second-order valence-corrected chi connectivity index (χ2v) is 8.09. The van der Waals surface area contributed by atoms with Crippen LogP contribution in [0.25, 0.3) is 0 Å². The number of ether oxygens (including phenoxy) is 1. The van der Waals surface area contributed by atoms with E-state index >= 15 is 0 Å². The molecule has 2 fully saturated rings. The lowest BCUT2D eigenvalue weighted by atomic mass is 10.2. The van der Waals surface area contributed by atoms with E-state index in [9.17, 15) is 14.4 Å². The van der Waals surface area contributed by atoms with Crippen LogP contribution < -0.4 is 10.2 Å². The van der Waals surface area contributed by atoms with Gasteiger partial charge in [0.25, 0.3) is 5.91 Å². The molecule has 0 spiro atoms. The number of likely N-dealkylation sites (tertiary alicyclic amines) is 1. The third-order valence-electron chi connectivity index (χ3n) is 5.46. The molecule has 0 saturated carbocycles. The van der Waals surface area contributed by atoms with Crippen molar-refractivity contribution in [2.45, 2.75) is 45.4 Å². The number of imide groups is 1. The van der Waals surface area contributed by atoms with Gasteiger partial charge in [0.2, 0.25) is 11.8 Å². The van der Waals surface area contributed by atoms with Crippen molar-refractivity contribution in [3.8, 4) is 0 Å². The number of anilines is 2. The highest BCUT2D eigenvalue weighted by molar-refractivity contribution is 6.04. The molecule has 4 rings (SSSR count). The Labute approximate surface area is 181 Å². The van der Waals surface area contributed by atoms with E-state index < -0.39 is 0 Å². The van der Waals surface area contributed by atoms with Crippen molar-refractivity contribution in [1.82, 2.24) is 9.88 Å². The zero-order chi connectivity index (χ0) is 22.0. The van der Waals surface area contributed by atoms with E-state index in [0.717, 1.165) is 24.5 Å². The first kappa shape index (κ1) is 21.0. The number of hydrogen-bond acceptors (Lipinski definition) is 6. The Morgan fingerprint density at radius 2 is 1.68 bits per heavy atom. The van der Waals surface area contributed by atoms with Crippen molar-refractivity contribution in [3.05, 3.63) is 53.7 Å². The number of benzene rings is 1. The molecule has 2 unspecified atom stereocenters. The summed E-state index contributed by atoms with van der Waals surface area (Å²) in [5.41, 5.74) is 1.93. The number of amides is 3. The molecule has 3 amide bonds. The zero-order valence-corrected chi connectivity index (χ0v) is 17.7. The van der Waals surface area contributed by atoms with Crippen LogP contribution in [0.3, 0.4) is 0 Å². The molecule has 2 aliphatic heterocycles. The summed E-state index contributed by atoms with van der Waals surface area (Å²) >= 11 is 0. The van der Waals surface area contributed by atoms with Crippen molar-refractivity contribution in [2.24, 2.45) is 0 Å². The van der Waals surface area contributed by atoms with Crippen LogP contribution in [0.1, 0.15) is 42.6 Å². The number of nitrogens with one attached hydrogen (secondary N) is 1. The summed E-state index contributed by atoms with van der Waals surface area (Å²) in [6.45, 7) is 5.87. The molecule has 3 heterocycles. The van der Waals surface area contributed by atoms with Crippen LogP contribution in [0.15, 0.2) is 42.6 Å². The minimum Gasteiger partial charge on any atom is -0.372 e. The molecule has 162 valence electrons. The molecule has 0 radical (unpaired) electrons. The molecule has 2 aliphatic rings. The van der Waals surface area contributed by atoms with Crippen LogP contribution in [0.4, 0.5) is 11.5 Å². The van der Waals surface area contributed by atoms with Gasteiger partial charge < -0.3 is 15.0 Å². The van der Waals surface area contributed by atoms with Crippen molar-refractivity contribution in [2.75, 3.05) is 23.3 Å². The summed E-state index contributed by atoms with van der Waals surface area (Å²) in [6, 6.07) is 10.7. The quantitative estimate of drug-likeness (QED) is 0.745. The van der Waals surface area contributed by atoms with Crippen molar-refractivity contribution in [3.63, 3.8) is 0 Å². The lowest BCUT2D eigenvalue weighted by Crippen LogP contribution is -2.45. The molecule has 8 nitrogen and oxygen atoms in total. The molecular formula is C23H26N4O4. The van der Waals surface area contributed by atoms with E-state index in [1.54, 1.807) is 36.5 Å². The molecule has 1 aromatic carbocycles. The lowest BCUT2D eigenvalue weighted by molar-refractivity contribution is -0.139. The summed E-state index contributed by atoms with van der Waals surface area (Å²) < 4.78 is 5.75. The second-order valence-electron chi connectivity index (χ2n) is 8.09. The number of rotatable bonds is 5. The Kier molecular flexibility index (Phi) is 5.99. The fourth-order valence-corrected chi connectivity index (χ4v) is 3.95. The van der Waals surface area contributed by atoms with Gasteiger partial charge >= 0.3 is 0 Å². The van der Waals surface area contributed by atoms with E-state index in [-0.39, 0.29) is 49.3 Å². The van der Waals surface area contributed by atoms with Gasteiger partial charge in [-0.25, -0.2) is 4.98 Å². The van der Waals surface area contributed by atoms with Gasteiger partial charge in [-0.05, 0) is 43.7 Å². The lowest BCUT2D eigenvalue weighted by Gasteiger charge is -2.36. The van der Waals surface area contributed by atoms with Crippen LogP contribution in [-0.2, 0) is 20.9 Å². The highest BCUT2D eigenvalue weighted by atomic mass is 16.5. The van der Waals surface area contributed by atoms with Gasteiger partial charge in [-0.1, -0.05) is 12.1 Å². The molecule has 8 heteroatoms. The van der Waals surface area contributed by atoms with Gasteiger partial charge in [-0.2, -0.15) is 0 Å². The molecule has 2 aromatic rings. The van der Waals surface area contributed by atoms with Gasteiger partial charge in [0, 0.05) is 37.8 Å². The van der Waals surface area contributed by atoms with Crippen molar-refractivity contribution in [1.29, 1.82) is 0 Å². The van der Waals surface area contributed by atoms with Crippen molar-refractivity contribution >= 4 is 29.2 Å². The molecule has 1 aromatic heterocycles. The maximum Gasteiger partial charge on any atom is 0.257 e. The Morgan fingerprint density at radius 3 is 2.26 bits per heavy atom. The number of morpholine rings is 1. The standard InChI is InChI=1S/C23H26N4O4/c1-15-12-26(13-16(2)31-15)20-8-5-18(11-24-20)23(30)25-19-6-3-17(4-7-19)14-27-21(28)9-10-22(27)29/h3-8,11,15-16H,9-10,12-14H2,1-2H3,(H,25,30). The number of aromatic nitrogens is 1. The average molecular weight is 422 g/mol. The van der Waals surface area contributed by atoms with Gasteiger partial charge in [0.05, 0.1) is 24.3 Å². The average Bonchev–Trinajstić information content (AvgIpc) is 3.06. The minimum absolute atomic E-state index is 0.137. The Balaban J connectivity index is 1.36. The van der Waals surface area contributed by atoms with E-state index in [1.807, 2.05) is 19.9 Å². The zero-order valence-electron chi connectivity index (χ0n) is 17.7. The maximum absolute atomic E-state index is 12.6. The summed E-state index contributed by atoms with van der Waals surface area (Å²) in [5, 5.41) is 2.85. The molecule has 2 atom stereocenters. The Hall–Kier alpha value is -3.26. The summed E-state index contributed by atoms with van der Waals surface area (Å²) in [4.78, 5) is 44.0. The van der Waals surface area contributed by atoms with Gasteiger partial charge in [-0.3, -0.25) is 19.3 Å². The van der Waals surface area contributed by atoms with E-state index in [2.05, 4.69) is 15.2 Å². The van der Waals surface area contributed by atoms with Gasteiger partial charge in [0.15, 0.2) is 0 Å². The number of pyridine rings is 1. The van der Waals surface area contributed by atoms with Crippen molar-refractivity contribution < 1.29 is 19.1 Å². The molecule has 0 aliphatic carbocycles. The first-order valence-electron chi connectivity index (χ1n) is 10.5. The number of hydrogen-bond donors (Lipinski definition) is 1. The molecule has 31 heavy (non-hydrogen) atoms. The largest absolute Gasteiger partial charge is 0.372 e. The third kappa shape index (κ3) is 4.91. The number of carbonyl (C=O) groups excluding carboxylic acids is 3. The molecule has 1 N–H and O–H groups in total. The number of carbonyl (C=O) groups is 3. The molecule has 0 bridgehead atoms. The van der Waals surface area contributed by atoms with Gasteiger partial charge in [0.1, 0.15) is 5.82 Å². The Bertz CT molecular complexity index is 948. The SMILES string of the molecule is CC1CN(c2ccc(C(=O)Nc3ccc(CN4C(=O)CCC4=O)cc3)cn2)CC(C)O1. The summed E-state index contributed by atoms with van der Waals surface area (Å²) in [6.07, 6.45) is 2.41. The van der Waals surface area contributed by atoms with E-state index in [0.29, 0.717) is 11.3 Å². The molecular weight excluding hydrogens is 396 g/mol. The fourth-order valence-electron chi connectivity index (χ4n) is 3.95. The second kappa shape index (κ2) is 8.85. The highest BCUT2D eigenvalue weighted by Gasteiger charge is 2.28. The van der Waals surface area contributed by atoms with Crippen LogP contribution in [0.5, 0.6) is 0 Å². The number of nitrogens with zero attached hydrogens (tertiary/aromatic N) is 3. The monoisotopic (exact) mass is 422 g/mol. The van der Waals surface area contributed by atoms with E-state index in [4.69, 9.17) is 4.74 Å². The first-order chi connectivity index (χ1) is 14.9. The highest BCUT2D eigenvalue weighted by Crippen LogP contribution is 2.20. The molecule has 2 saturated heterocycles. The smallest absolute Gasteiger partial charge is 0.257 e. The van der Waals surface area contributed by atoms with Crippen LogP contribution in [0.2, 0.25) is 0 Å². The maximum atomic E-state index is 12.6. The van der Waals surface area contributed by atoms with Crippen LogP contribution in [-0.4, -0.2) is 52.9 Å². The first-order valence-corrected chi connectivity index (χ1v) is 10.5. The van der Waals surface area contributed by atoms with Crippen LogP contribution in [0, 0.1) is 0 Å². The van der Waals surface area contributed by atoms with Crippen LogP contribution >= 0.6 is 0 Å². The summed E-state index contributed by atoms with van der Waals surface area (Å²) in [5.74, 6) is 0.299. The Morgan fingerprint density at radius 1 is 1.03 bits per heavy atom. The predicted octanol–water partition coefficient (Wildman–Crippen LogP) is 2.60. The normalized spacial score (nSPS) is 21.5. The topological polar surface area (TPSA) is 91.8 Å². The predicted molar refractivity (Wildman–Crippen MR) is 116 cm³/mol. The van der Waals surface area contributed by atoms with Gasteiger partial charge in [-0.15, -0.1) is 0 Å². The fraction of sp³-hybridized carbons (Fsp3) is 0.391. The minimum atomic E-state index is -0.250.